The van der Waals surface area contributed by atoms with E-state index in [-0.39, 0.29) is 6.03 Å². The lowest BCUT2D eigenvalue weighted by Crippen LogP contribution is -2.43. The number of nitrogens with one attached hydrogen (secondary N) is 2. The predicted octanol–water partition coefficient (Wildman–Crippen LogP) is 4.17. The number of fused-ring (bicyclic) bond motifs is 1. The van der Waals surface area contributed by atoms with Crippen LogP contribution in [0.4, 0.5) is 10.5 Å². The largest absolute Gasteiger partial charge is 0.486 e. The van der Waals surface area contributed by atoms with E-state index in [0.29, 0.717) is 35.4 Å². The van der Waals surface area contributed by atoms with Crippen LogP contribution in [0.3, 0.4) is 0 Å². The summed E-state index contributed by atoms with van der Waals surface area (Å²) in [6.07, 6.45) is 0. The number of carbonyl (C=O) groups excluding carboxylic acids is 1. The third-order valence-electron chi connectivity index (χ3n) is 3.79. The number of amides is 2. The van der Waals surface area contributed by atoms with Crippen LogP contribution in [-0.2, 0) is 5.54 Å². The molecular weight excluding hydrogens is 328 g/mol. The maximum Gasteiger partial charge on any atom is 0.319 e. The molecule has 2 amide bonds. The first-order chi connectivity index (χ1) is 11.4. The van der Waals surface area contributed by atoms with E-state index < -0.39 is 5.54 Å². The van der Waals surface area contributed by atoms with E-state index >= 15 is 0 Å². The first kappa shape index (κ1) is 16.5. The van der Waals surface area contributed by atoms with Crippen molar-refractivity contribution in [3.8, 4) is 11.5 Å². The van der Waals surface area contributed by atoms with Gasteiger partial charge in [0.05, 0.1) is 5.54 Å². The number of carbonyl (C=O) groups is 1. The van der Waals surface area contributed by atoms with Gasteiger partial charge in [0.2, 0.25) is 0 Å². The Kier molecular flexibility index (Phi) is 4.53. The summed E-state index contributed by atoms with van der Waals surface area (Å²) in [5, 5.41) is 6.44. The molecule has 126 valence electrons. The Morgan fingerprint density at radius 1 is 1.04 bits per heavy atom. The molecule has 3 rings (SSSR count). The molecule has 0 aliphatic carbocycles. The fraction of sp³-hybridized carbons (Fsp3) is 0.278. The predicted molar refractivity (Wildman–Crippen MR) is 94.1 cm³/mol. The number of benzene rings is 2. The normalized spacial score (nSPS) is 13.3. The zero-order chi connectivity index (χ0) is 17.2. The van der Waals surface area contributed by atoms with E-state index in [0.717, 1.165) is 5.56 Å². The van der Waals surface area contributed by atoms with Crippen molar-refractivity contribution in [1.29, 1.82) is 0 Å². The van der Waals surface area contributed by atoms with Gasteiger partial charge in [-0.25, -0.2) is 4.79 Å². The van der Waals surface area contributed by atoms with Gasteiger partial charge in [0.15, 0.2) is 11.5 Å². The zero-order valence-corrected chi connectivity index (χ0v) is 14.3. The molecule has 0 spiro atoms. The first-order valence-corrected chi connectivity index (χ1v) is 8.07. The highest BCUT2D eigenvalue weighted by atomic mass is 35.5. The van der Waals surface area contributed by atoms with Gasteiger partial charge in [-0.1, -0.05) is 23.7 Å². The number of rotatable bonds is 3. The van der Waals surface area contributed by atoms with Gasteiger partial charge in [0, 0.05) is 16.8 Å². The molecule has 0 saturated carbocycles. The zero-order valence-electron chi connectivity index (χ0n) is 13.6. The number of ether oxygens (including phenoxy) is 2. The highest BCUT2D eigenvalue weighted by Gasteiger charge is 2.23. The van der Waals surface area contributed by atoms with E-state index in [4.69, 9.17) is 21.1 Å². The van der Waals surface area contributed by atoms with Gasteiger partial charge in [0.25, 0.3) is 0 Å². The van der Waals surface area contributed by atoms with Gasteiger partial charge in [-0.15, -0.1) is 0 Å². The van der Waals surface area contributed by atoms with Crippen molar-refractivity contribution in [3.05, 3.63) is 53.1 Å². The molecule has 1 heterocycles. The van der Waals surface area contributed by atoms with Crippen LogP contribution in [0.5, 0.6) is 11.5 Å². The quantitative estimate of drug-likeness (QED) is 0.877. The lowest BCUT2D eigenvalue weighted by atomic mass is 9.94. The van der Waals surface area contributed by atoms with Crippen molar-refractivity contribution in [2.75, 3.05) is 18.5 Å². The smallest absolute Gasteiger partial charge is 0.319 e. The summed E-state index contributed by atoms with van der Waals surface area (Å²) >= 11 is 5.91. The lowest BCUT2D eigenvalue weighted by molar-refractivity contribution is 0.171. The average Bonchev–Trinajstić information content (AvgIpc) is 2.54. The molecule has 0 atom stereocenters. The average molecular weight is 347 g/mol. The van der Waals surface area contributed by atoms with Crippen molar-refractivity contribution in [2.45, 2.75) is 19.4 Å². The topological polar surface area (TPSA) is 59.6 Å². The van der Waals surface area contributed by atoms with Crippen molar-refractivity contribution in [1.82, 2.24) is 5.32 Å². The summed E-state index contributed by atoms with van der Waals surface area (Å²) in [6.45, 7) is 4.90. The summed E-state index contributed by atoms with van der Waals surface area (Å²) in [5.41, 5.74) is 1.07. The van der Waals surface area contributed by atoms with Crippen LogP contribution in [0.15, 0.2) is 42.5 Å². The lowest BCUT2D eigenvalue weighted by Gasteiger charge is -2.27. The van der Waals surface area contributed by atoms with E-state index in [1.807, 2.05) is 26.0 Å². The fourth-order valence-corrected chi connectivity index (χ4v) is 2.63. The van der Waals surface area contributed by atoms with Gasteiger partial charge in [0.1, 0.15) is 13.2 Å². The second-order valence-corrected chi connectivity index (χ2v) is 6.51. The molecule has 24 heavy (non-hydrogen) atoms. The van der Waals surface area contributed by atoms with E-state index in [9.17, 15) is 4.79 Å². The molecule has 2 N–H and O–H groups in total. The minimum atomic E-state index is -0.539. The molecule has 0 unspecified atom stereocenters. The minimum Gasteiger partial charge on any atom is -0.486 e. The molecule has 2 aromatic rings. The number of halogens is 1. The fourth-order valence-electron chi connectivity index (χ4n) is 2.51. The highest BCUT2D eigenvalue weighted by molar-refractivity contribution is 6.30. The first-order valence-electron chi connectivity index (χ1n) is 7.69. The van der Waals surface area contributed by atoms with Gasteiger partial charge in [-0.2, -0.15) is 0 Å². The van der Waals surface area contributed by atoms with Crippen LogP contribution in [0.25, 0.3) is 0 Å². The van der Waals surface area contributed by atoms with Crippen LogP contribution >= 0.6 is 11.6 Å². The van der Waals surface area contributed by atoms with Gasteiger partial charge < -0.3 is 20.1 Å². The number of hydrogen-bond acceptors (Lipinski definition) is 3. The maximum absolute atomic E-state index is 12.3. The van der Waals surface area contributed by atoms with Crippen molar-refractivity contribution >= 4 is 23.3 Å². The molecule has 0 radical (unpaired) electrons. The summed E-state index contributed by atoms with van der Waals surface area (Å²) in [5.74, 6) is 1.32. The second-order valence-electron chi connectivity index (χ2n) is 6.07. The summed E-state index contributed by atoms with van der Waals surface area (Å²) in [4.78, 5) is 12.3. The van der Waals surface area contributed by atoms with Crippen LogP contribution in [0, 0.1) is 0 Å². The third-order valence-corrected chi connectivity index (χ3v) is 4.04. The standard InChI is InChI=1S/C18H19ClN2O3/c1-18(2,12-3-5-13(19)6-4-12)21-17(22)20-14-7-8-15-16(11-14)24-10-9-23-15/h3-8,11H,9-10H2,1-2H3,(H2,20,21,22). The van der Waals surface area contributed by atoms with E-state index in [2.05, 4.69) is 10.6 Å². The van der Waals surface area contributed by atoms with Gasteiger partial charge >= 0.3 is 6.03 Å². The van der Waals surface area contributed by atoms with Gasteiger partial charge in [-0.3, -0.25) is 0 Å². The highest BCUT2D eigenvalue weighted by Crippen LogP contribution is 2.32. The summed E-state index contributed by atoms with van der Waals surface area (Å²) < 4.78 is 11.0. The summed E-state index contributed by atoms with van der Waals surface area (Å²) in [7, 11) is 0. The molecule has 0 saturated heterocycles. The molecule has 5 nitrogen and oxygen atoms in total. The van der Waals surface area contributed by atoms with Crippen molar-refractivity contribution in [2.24, 2.45) is 0 Å². The Labute approximate surface area is 145 Å². The molecule has 1 aliphatic rings. The Morgan fingerprint density at radius 3 is 2.42 bits per heavy atom. The second kappa shape index (κ2) is 6.61. The third kappa shape index (κ3) is 3.74. The van der Waals surface area contributed by atoms with Crippen LogP contribution in [0.2, 0.25) is 5.02 Å². The van der Waals surface area contributed by atoms with E-state index in [1.54, 1.807) is 30.3 Å². The molecular formula is C18H19ClN2O3. The molecule has 2 aromatic carbocycles. The van der Waals surface area contributed by atoms with Crippen LogP contribution < -0.4 is 20.1 Å². The molecule has 0 aromatic heterocycles. The van der Waals surface area contributed by atoms with Gasteiger partial charge in [-0.05, 0) is 43.7 Å². The summed E-state index contributed by atoms with van der Waals surface area (Å²) in [6, 6.07) is 12.4. The SMILES string of the molecule is CC(C)(NC(=O)Nc1ccc2c(c1)OCCO2)c1ccc(Cl)cc1. The molecule has 6 heteroatoms. The monoisotopic (exact) mass is 346 g/mol. The number of urea groups is 1. The molecule has 0 fully saturated rings. The van der Waals surface area contributed by atoms with Crippen molar-refractivity contribution in [3.63, 3.8) is 0 Å². The Hall–Kier alpha value is -2.40. The van der Waals surface area contributed by atoms with Crippen LogP contribution in [0.1, 0.15) is 19.4 Å². The molecule has 1 aliphatic heterocycles. The Morgan fingerprint density at radius 2 is 1.71 bits per heavy atom. The Bertz CT molecular complexity index is 744. The van der Waals surface area contributed by atoms with Crippen LogP contribution in [-0.4, -0.2) is 19.2 Å². The van der Waals surface area contributed by atoms with E-state index in [1.165, 1.54) is 0 Å². The Balaban J connectivity index is 1.67. The molecule has 0 bridgehead atoms. The number of anilines is 1. The number of hydrogen-bond donors (Lipinski definition) is 2. The maximum atomic E-state index is 12.3. The van der Waals surface area contributed by atoms with Crippen molar-refractivity contribution < 1.29 is 14.3 Å². The minimum absolute atomic E-state index is 0.299.